The molecule has 1 aromatic rings. The molecular formula is C14H20FNO. The van der Waals surface area contributed by atoms with E-state index in [0.29, 0.717) is 12.5 Å². The van der Waals surface area contributed by atoms with E-state index in [0.717, 1.165) is 18.4 Å². The molecule has 2 nitrogen and oxygen atoms in total. The van der Waals surface area contributed by atoms with Crippen LogP contribution in [0.4, 0.5) is 4.39 Å². The lowest BCUT2D eigenvalue weighted by atomic mass is 10.0. The van der Waals surface area contributed by atoms with Gasteiger partial charge in [0.15, 0.2) is 0 Å². The van der Waals surface area contributed by atoms with Crippen LogP contribution < -0.4 is 5.32 Å². The molecule has 17 heavy (non-hydrogen) atoms. The first kappa shape index (κ1) is 13.7. The predicted molar refractivity (Wildman–Crippen MR) is 67.5 cm³/mol. The molecule has 0 radical (unpaired) electrons. The molecule has 0 aliphatic rings. The van der Waals surface area contributed by atoms with Crippen LogP contribution in [0.25, 0.3) is 0 Å². The van der Waals surface area contributed by atoms with Gasteiger partial charge in [0.2, 0.25) is 0 Å². The molecule has 0 aliphatic carbocycles. The van der Waals surface area contributed by atoms with E-state index >= 15 is 0 Å². The van der Waals surface area contributed by atoms with Gasteiger partial charge in [-0.2, -0.15) is 0 Å². The lowest BCUT2D eigenvalue weighted by Gasteiger charge is -2.13. The molecule has 0 fully saturated rings. The lowest BCUT2D eigenvalue weighted by molar-refractivity contribution is 0.0942. The summed E-state index contributed by atoms with van der Waals surface area (Å²) in [7, 11) is 0. The third-order valence-electron chi connectivity index (χ3n) is 3.07. The summed E-state index contributed by atoms with van der Waals surface area (Å²) >= 11 is 0. The molecule has 0 saturated heterocycles. The van der Waals surface area contributed by atoms with Crippen molar-refractivity contribution >= 4 is 5.91 Å². The summed E-state index contributed by atoms with van der Waals surface area (Å²) < 4.78 is 13.4. The number of nitrogens with one attached hydrogen (secondary N) is 1. The molecule has 0 spiro atoms. The highest BCUT2D eigenvalue weighted by atomic mass is 19.1. The van der Waals surface area contributed by atoms with Crippen LogP contribution in [-0.2, 0) is 0 Å². The van der Waals surface area contributed by atoms with Crippen LogP contribution in [-0.4, -0.2) is 12.5 Å². The van der Waals surface area contributed by atoms with Crippen molar-refractivity contribution in [3.63, 3.8) is 0 Å². The maximum atomic E-state index is 13.4. The van der Waals surface area contributed by atoms with E-state index in [1.807, 2.05) is 6.92 Å². The highest BCUT2D eigenvalue weighted by Crippen LogP contribution is 2.11. The average molecular weight is 237 g/mol. The molecule has 1 N–H and O–H groups in total. The minimum atomic E-state index is -0.461. The zero-order valence-electron chi connectivity index (χ0n) is 10.7. The first-order valence-corrected chi connectivity index (χ1v) is 6.12. The highest BCUT2D eigenvalue weighted by Gasteiger charge is 2.12. The number of halogens is 1. The molecule has 0 aromatic heterocycles. The van der Waals surface area contributed by atoms with Crippen molar-refractivity contribution in [2.24, 2.45) is 5.92 Å². The fourth-order valence-electron chi connectivity index (χ4n) is 1.72. The number of hydrogen-bond donors (Lipinski definition) is 1. The fraction of sp³-hybridized carbons (Fsp3) is 0.500. The summed E-state index contributed by atoms with van der Waals surface area (Å²) in [5.41, 5.74) is 1.02. The summed E-state index contributed by atoms with van der Waals surface area (Å²) in [5, 5.41) is 2.79. The Balaban J connectivity index is 2.66. The van der Waals surface area contributed by atoms with Gasteiger partial charge in [-0.1, -0.05) is 38.3 Å². The standard InChI is InChI=1S/C14H20FNO/c1-4-11(5-2)9-16-14(17)12-8-10(3)6-7-13(12)15/h6-8,11H,4-5,9H2,1-3H3,(H,16,17). The molecule has 0 bridgehead atoms. The van der Waals surface area contributed by atoms with E-state index in [4.69, 9.17) is 0 Å². The van der Waals surface area contributed by atoms with Crippen molar-refractivity contribution in [2.45, 2.75) is 33.6 Å². The second kappa shape index (κ2) is 6.38. The molecule has 0 aliphatic heterocycles. The summed E-state index contributed by atoms with van der Waals surface area (Å²) in [5.74, 6) is -0.317. The molecule has 1 amide bonds. The summed E-state index contributed by atoms with van der Waals surface area (Å²) in [4.78, 5) is 11.8. The maximum Gasteiger partial charge on any atom is 0.254 e. The number of carbonyl (C=O) groups excluding carboxylic acids is 1. The van der Waals surface area contributed by atoms with Crippen molar-refractivity contribution in [1.82, 2.24) is 5.32 Å². The average Bonchev–Trinajstić information content (AvgIpc) is 2.33. The van der Waals surface area contributed by atoms with Crippen LogP contribution in [0, 0.1) is 18.7 Å². The normalized spacial score (nSPS) is 10.6. The fourth-order valence-corrected chi connectivity index (χ4v) is 1.72. The van der Waals surface area contributed by atoms with Crippen LogP contribution in [0.3, 0.4) is 0 Å². The molecule has 0 unspecified atom stereocenters. The molecular weight excluding hydrogens is 217 g/mol. The highest BCUT2D eigenvalue weighted by molar-refractivity contribution is 5.94. The number of benzene rings is 1. The van der Waals surface area contributed by atoms with E-state index in [9.17, 15) is 9.18 Å². The Labute approximate surface area is 102 Å². The predicted octanol–water partition coefficient (Wildman–Crippen LogP) is 3.30. The number of carbonyl (C=O) groups is 1. The van der Waals surface area contributed by atoms with Gasteiger partial charge in [-0.05, 0) is 25.0 Å². The van der Waals surface area contributed by atoms with E-state index in [1.54, 1.807) is 12.1 Å². The first-order chi connectivity index (χ1) is 8.08. The number of amides is 1. The lowest BCUT2D eigenvalue weighted by Crippen LogP contribution is -2.29. The summed E-state index contributed by atoms with van der Waals surface area (Å²) in [6, 6.07) is 4.58. The molecule has 94 valence electrons. The molecule has 0 saturated carbocycles. The Kier molecular flexibility index (Phi) is 5.13. The quantitative estimate of drug-likeness (QED) is 0.836. The van der Waals surface area contributed by atoms with Crippen molar-refractivity contribution in [1.29, 1.82) is 0 Å². The number of aryl methyl sites for hydroxylation is 1. The van der Waals surface area contributed by atoms with Crippen molar-refractivity contribution in [3.8, 4) is 0 Å². The van der Waals surface area contributed by atoms with E-state index < -0.39 is 5.82 Å². The Hall–Kier alpha value is -1.38. The summed E-state index contributed by atoms with van der Waals surface area (Å²) in [6.07, 6.45) is 2.04. The Morgan fingerprint density at radius 3 is 2.59 bits per heavy atom. The van der Waals surface area contributed by atoms with Gasteiger partial charge < -0.3 is 5.32 Å². The summed E-state index contributed by atoms with van der Waals surface area (Å²) in [6.45, 7) is 6.64. The minimum absolute atomic E-state index is 0.135. The maximum absolute atomic E-state index is 13.4. The van der Waals surface area contributed by atoms with Gasteiger partial charge in [-0.3, -0.25) is 4.79 Å². The van der Waals surface area contributed by atoms with Gasteiger partial charge in [0, 0.05) is 6.54 Å². The zero-order valence-corrected chi connectivity index (χ0v) is 10.7. The third-order valence-corrected chi connectivity index (χ3v) is 3.07. The van der Waals surface area contributed by atoms with Crippen LogP contribution in [0.15, 0.2) is 18.2 Å². The zero-order chi connectivity index (χ0) is 12.8. The van der Waals surface area contributed by atoms with Crippen LogP contribution in [0.2, 0.25) is 0 Å². The first-order valence-electron chi connectivity index (χ1n) is 6.12. The Morgan fingerprint density at radius 1 is 1.35 bits per heavy atom. The smallest absolute Gasteiger partial charge is 0.254 e. The van der Waals surface area contributed by atoms with Gasteiger partial charge in [0.05, 0.1) is 5.56 Å². The number of hydrogen-bond acceptors (Lipinski definition) is 1. The topological polar surface area (TPSA) is 29.1 Å². The van der Waals surface area contributed by atoms with Gasteiger partial charge >= 0.3 is 0 Å². The second-order valence-corrected chi connectivity index (χ2v) is 4.38. The van der Waals surface area contributed by atoms with Gasteiger partial charge in [-0.25, -0.2) is 4.39 Å². The number of rotatable bonds is 5. The Morgan fingerprint density at radius 2 is 2.00 bits per heavy atom. The molecule has 0 atom stereocenters. The van der Waals surface area contributed by atoms with Crippen molar-refractivity contribution in [3.05, 3.63) is 35.1 Å². The second-order valence-electron chi connectivity index (χ2n) is 4.38. The molecule has 1 aromatic carbocycles. The van der Waals surface area contributed by atoms with E-state index in [1.165, 1.54) is 6.07 Å². The van der Waals surface area contributed by atoms with Gasteiger partial charge in [0.25, 0.3) is 5.91 Å². The van der Waals surface area contributed by atoms with Crippen LogP contribution in [0.1, 0.15) is 42.6 Å². The SMILES string of the molecule is CCC(CC)CNC(=O)c1cc(C)ccc1F. The van der Waals surface area contributed by atoms with Crippen LogP contribution in [0.5, 0.6) is 0 Å². The van der Waals surface area contributed by atoms with Gasteiger partial charge in [-0.15, -0.1) is 0 Å². The Bertz CT molecular complexity index is 386. The van der Waals surface area contributed by atoms with Crippen LogP contribution >= 0.6 is 0 Å². The van der Waals surface area contributed by atoms with Gasteiger partial charge in [0.1, 0.15) is 5.82 Å². The molecule has 0 heterocycles. The largest absolute Gasteiger partial charge is 0.352 e. The van der Waals surface area contributed by atoms with E-state index in [2.05, 4.69) is 19.2 Å². The molecule has 3 heteroatoms. The monoisotopic (exact) mass is 237 g/mol. The minimum Gasteiger partial charge on any atom is -0.352 e. The van der Waals surface area contributed by atoms with Crippen molar-refractivity contribution in [2.75, 3.05) is 6.54 Å². The van der Waals surface area contributed by atoms with E-state index in [-0.39, 0.29) is 11.5 Å². The third kappa shape index (κ3) is 3.84. The van der Waals surface area contributed by atoms with Crippen molar-refractivity contribution < 1.29 is 9.18 Å². The molecule has 1 rings (SSSR count).